The van der Waals surface area contributed by atoms with E-state index in [1.165, 1.54) is 0 Å². The van der Waals surface area contributed by atoms with Crippen molar-refractivity contribution in [2.24, 2.45) is 0 Å². The third kappa shape index (κ3) is 3.06. The third-order valence-electron chi connectivity index (χ3n) is 2.90. The van der Waals surface area contributed by atoms with Gasteiger partial charge in [-0.15, -0.1) is 12.6 Å². The van der Waals surface area contributed by atoms with Gasteiger partial charge in [0.1, 0.15) is 0 Å². The summed E-state index contributed by atoms with van der Waals surface area (Å²) in [6, 6.07) is 7.82. The smallest absolute Gasteiger partial charge is 0.255 e. The Hall–Kier alpha value is -0.990. The molecule has 1 aliphatic rings. The van der Waals surface area contributed by atoms with Crippen LogP contribution >= 0.6 is 28.6 Å². The molecule has 3 nitrogen and oxygen atoms in total. The molecule has 0 unspecified atom stereocenters. The number of benzene rings is 1. The Kier molecular flexibility index (Phi) is 4.31. The first kappa shape index (κ1) is 13.4. The van der Waals surface area contributed by atoms with Gasteiger partial charge in [0.05, 0.1) is 18.1 Å². The van der Waals surface area contributed by atoms with Crippen molar-refractivity contribution in [2.45, 2.75) is 30.2 Å². The Bertz CT molecular complexity index is 508. The van der Waals surface area contributed by atoms with Crippen molar-refractivity contribution in [2.75, 3.05) is 6.54 Å². The number of halogens is 1. The van der Waals surface area contributed by atoms with Crippen molar-refractivity contribution in [3.63, 3.8) is 0 Å². The second-order valence-electron chi connectivity index (χ2n) is 4.30. The summed E-state index contributed by atoms with van der Waals surface area (Å²) in [5.74, 6) is -0.0229. The van der Waals surface area contributed by atoms with E-state index in [0.717, 1.165) is 17.3 Å². The average molecular weight is 325 g/mol. The van der Waals surface area contributed by atoms with E-state index in [1.807, 2.05) is 12.1 Å². The maximum absolute atomic E-state index is 12.4. The first-order chi connectivity index (χ1) is 8.63. The van der Waals surface area contributed by atoms with Gasteiger partial charge in [0.15, 0.2) is 0 Å². The van der Waals surface area contributed by atoms with Crippen LogP contribution in [0.1, 0.15) is 29.6 Å². The first-order valence-corrected chi connectivity index (χ1v) is 7.04. The van der Waals surface area contributed by atoms with E-state index in [0.29, 0.717) is 29.5 Å². The fourth-order valence-corrected chi connectivity index (χ4v) is 2.69. The van der Waals surface area contributed by atoms with Crippen molar-refractivity contribution in [1.82, 2.24) is 4.90 Å². The molecule has 5 heteroatoms. The van der Waals surface area contributed by atoms with Gasteiger partial charge >= 0.3 is 0 Å². The Labute approximate surface area is 120 Å². The summed E-state index contributed by atoms with van der Waals surface area (Å²) in [5.41, 5.74) is 0.603. The lowest BCUT2D eigenvalue weighted by molar-refractivity contribution is 0.0743. The lowest BCUT2D eigenvalue weighted by Crippen LogP contribution is -2.34. The average Bonchev–Trinajstić information content (AvgIpc) is 3.13. The van der Waals surface area contributed by atoms with Crippen molar-refractivity contribution in [3.05, 3.63) is 28.2 Å². The summed E-state index contributed by atoms with van der Waals surface area (Å²) in [6.45, 7) is 0.503. The number of hydrogen-bond acceptors (Lipinski definition) is 3. The number of thiol groups is 1. The molecule has 0 N–H and O–H groups in total. The van der Waals surface area contributed by atoms with Crippen LogP contribution in [0.5, 0.6) is 0 Å². The molecule has 0 spiro atoms. The minimum atomic E-state index is -0.0229. The van der Waals surface area contributed by atoms with E-state index < -0.39 is 0 Å². The maximum atomic E-state index is 12.4. The zero-order valence-electron chi connectivity index (χ0n) is 9.77. The topological polar surface area (TPSA) is 44.1 Å². The van der Waals surface area contributed by atoms with Gasteiger partial charge in [0.2, 0.25) is 0 Å². The number of hydrogen-bond donors (Lipinski definition) is 1. The first-order valence-electron chi connectivity index (χ1n) is 5.80. The van der Waals surface area contributed by atoms with E-state index in [4.69, 9.17) is 5.26 Å². The van der Waals surface area contributed by atoms with Gasteiger partial charge in [0, 0.05) is 22.0 Å². The molecule has 1 fully saturated rings. The minimum Gasteiger partial charge on any atom is -0.335 e. The van der Waals surface area contributed by atoms with Crippen molar-refractivity contribution >= 4 is 34.5 Å². The summed E-state index contributed by atoms with van der Waals surface area (Å²) in [4.78, 5) is 14.9. The number of amides is 1. The monoisotopic (exact) mass is 324 g/mol. The second kappa shape index (κ2) is 5.77. The maximum Gasteiger partial charge on any atom is 0.255 e. The molecule has 1 aliphatic carbocycles. The van der Waals surface area contributed by atoms with Gasteiger partial charge in [-0.2, -0.15) is 5.26 Å². The van der Waals surface area contributed by atoms with Gasteiger partial charge < -0.3 is 4.90 Å². The van der Waals surface area contributed by atoms with Crippen LogP contribution in [-0.4, -0.2) is 23.4 Å². The fourth-order valence-electron chi connectivity index (χ4n) is 1.85. The summed E-state index contributed by atoms with van der Waals surface area (Å²) in [5, 5.41) is 8.65. The van der Waals surface area contributed by atoms with E-state index >= 15 is 0 Å². The highest BCUT2D eigenvalue weighted by Gasteiger charge is 2.33. The highest BCUT2D eigenvalue weighted by atomic mass is 79.9. The van der Waals surface area contributed by atoms with Gasteiger partial charge in [-0.05, 0) is 31.0 Å². The Morgan fingerprint density at radius 1 is 1.56 bits per heavy atom. The SMILES string of the molecule is N#CCCN(C(=O)c1ccc(Br)cc1S)C1CC1. The number of rotatable bonds is 4. The lowest BCUT2D eigenvalue weighted by atomic mass is 10.2. The van der Waals surface area contributed by atoms with Crippen molar-refractivity contribution in [1.29, 1.82) is 5.26 Å². The number of carbonyl (C=O) groups excluding carboxylic acids is 1. The van der Waals surface area contributed by atoms with E-state index in [1.54, 1.807) is 11.0 Å². The summed E-state index contributed by atoms with van der Waals surface area (Å²) < 4.78 is 0.902. The molecule has 1 aromatic carbocycles. The Morgan fingerprint density at radius 3 is 2.83 bits per heavy atom. The molecule has 0 aliphatic heterocycles. The van der Waals surface area contributed by atoms with Crippen LogP contribution in [0.4, 0.5) is 0 Å². The van der Waals surface area contributed by atoms with Crippen LogP contribution in [0.25, 0.3) is 0 Å². The quantitative estimate of drug-likeness (QED) is 0.864. The minimum absolute atomic E-state index is 0.0229. The van der Waals surface area contributed by atoms with E-state index in [-0.39, 0.29) is 5.91 Å². The van der Waals surface area contributed by atoms with Crippen LogP contribution in [0.3, 0.4) is 0 Å². The normalized spacial score (nSPS) is 14.1. The van der Waals surface area contributed by atoms with Gasteiger partial charge in [-0.1, -0.05) is 15.9 Å². The van der Waals surface area contributed by atoms with Crippen LogP contribution in [-0.2, 0) is 0 Å². The zero-order valence-corrected chi connectivity index (χ0v) is 12.2. The highest BCUT2D eigenvalue weighted by Crippen LogP contribution is 2.30. The molecule has 0 radical (unpaired) electrons. The van der Waals surface area contributed by atoms with E-state index in [2.05, 4.69) is 34.6 Å². The van der Waals surface area contributed by atoms with Crippen LogP contribution in [0.2, 0.25) is 0 Å². The van der Waals surface area contributed by atoms with Crippen molar-refractivity contribution < 1.29 is 4.79 Å². The molecule has 0 atom stereocenters. The standard InChI is InChI=1S/C13H13BrN2OS/c14-9-2-5-11(12(18)8-9)13(17)16(7-1-6-15)10-3-4-10/h2,5,8,10,18H,1,3-4,7H2. The number of nitriles is 1. The molecular weight excluding hydrogens is 312 g/mol. The van der Waals surface area contributed by atoms with Gasteiger partial charge in [-0.25, -0.2) is 0 Å². The van der Waals surface area contributed by atoms with Crippen LogP contribution < -0.4 is 0 Å². The molecule has 1 aromatic rings. The molecular formula is C13H13BrN2OS. The molecule has 1 amide bonds. The predicted octanol–water partition coefficient (Wildman–Crippen LogP) is 3.26. The lowest BCUT2D eigenvalue weighted by Gasteiger charge is -2.22. The third-order valence-corrected chi connectivity index (χ3v) is 3.77. The van der Waals surface area contributed by atoms with Crippen LogP contribution in [0, 0.1) is 11.3 Å². The van der Waals surface area contributed by atoms with Crippen molar-refractivity contribution in [3.8, 4) is 6.07 Å². The molecule has 0 aromatic heterocycles. The van der Waals surface area contributed by atoms with Gasteiger partial charge in [0.25, 0.3) is 5.91 Å². The predicted molar refractivity (Wildman–Crippen MR) is 75.7 cm³/mol. The summed E-state index contributed by atoms with van der Waals surface area (Å²) in [6.07, 6.45) is 2.45. The molecule has 18 heavy (non-hydrogen) atoms. The molecule has 1 saturated carbocycles. The van der Waals surface area contributed by atoms with Crippen LogP contribution in [0.15, 0.2) is 27.6 Å². The molecule has 94 valence electrons. The fraction of sp³-hybridized carbons (Fsp3) is 0.385. The molecule has 0 saturated heterocycles. The van der Waals surface area contributed by atoms with E-state index in [9.17, 15) is 4.79 Å². The summed E-state index contributed by atoms with van der Waals surface area (Å²) >= 11 is 7.69. The largest absolute Gasteiger partial charge is 0.335 e. The summed E-state index contributed by atoms with van der Waals surface area (Å²) in [7, 11) is 0. The molecule has 0 bridgehead atoms. The van der Waals surface area contributed by atoms with Gasteiger partial charge in [-0.3, -0.25) is 4.79 Å². The molecule has 0 heterocycles. The number of carbonyl (C=O) groups is 1. The number of nitrogens with zero attached hydrogens (tertiary/aromatic N) is 2. The molecule has 2 rings (SSSR count). The Balaban J connectivity index is 2.19. The zero-order chi connectivity index (χ0) is 13.1. The highest BCUT2D eigenvalue weighted by molar-refractivity contribution is 9.10. The Morgan fingerprint density at radius 2 is 2.28 bits per heavy atom. The second-order valence-corrected chi connectivity index (χ2v) is 5.70.